The maximum absolute atomic E-state index is 13.3. The maximum Gasteiger partial charge on any atom is 0.253 e. The number of rotatable bonds is 9. The standard InChI is InChI=1S/C35H42N2O7/c1-40-31-19-25(20-32(22-31)41-2)23-36-13-15-37(16-14-36)34(39)27-3-6-30(7-4-27)44-33-8-5-28(21-29(33)24-38)26-9-11-35(12-10-26)42-17-18-43-35/h3-8,19-22,26,38H,9-18,23-24H2,1-2H3. The van der Waals surface area contributed by atoms with Crippen LogP contribution in [0.2, 0.25) is 0 Å². The number of carbonyl (C=O) groups is 1. The SMILES string of the molecule is COc1cc(CN2CCN(C(=O)c3ccc(Oc4ccc(C5CCC6(CC5)OCCO6)cc4CO)cc3)CC2)cc(OC)c1. The van der Waals surface area contributed by atoms with Gasteiger partial charge in [0.1, 0.15) is 23.0 Å². The number of benzene rings is 3. The summed E-state index contributed by atoms with van der Waals surface area (Å²) in [7, 11) is 3.31. The molecule has 0 bridgehead atoms. The quantitative estimate of drug-likeness (QED) is 0.351. The predicted molar refractivity (Wildman–Crippen MR) is 165 cm³/mol. The molecule has 234 valence electrons. The summed E-state index contributed by atoms with van der Waals surface area (Å²) in [5, 5.41) is 10.1. The minimum Gasteiger partial charge on any atom is -0.497 e. The molecule has 1 N–H and O–H groups in total. The second-order valence-electron chi connectivity index (χ2n) is 11.8. The number of methoxy groups -OCH3 is 2. The molecule has 1 saturated carbocycles. The van der Waals surface area contributed by atoms with Crippen LogP contribution in [0, 0.1) is 0 Å². The summed E-state index contributed by atoms with van der Waals surface area (Å²) in [6, 6.07) is 19.2. The summed E-state index contributed by atoms with van der Waals surface area (Å²) in [4.78, 5) is 17.5. The van der Waals surface area contributed by atoms with Crippen LogP contribution < -0.4 is 14.2 Å². The Labute approximate surface area is 259 Å². The summed E-state index contributed by atoms with van der Waals surface area (Å²) in [6.45, 7) is 4.91. The average Bonchev–Trinajstić information content (AvgIpc) is 3.53. The van der Waals surface area contributed by atoms with Crippen LogP contribution in [0.25, 0.3) is 0 Å². The van der Waals surface area contributed by atoms with E-state index < -0.39 is 0 Å². The minimum atomic E-state index is -0.381. The van der Waals surface area contributed by atoms with Gasteiger partial charge in [-0.3, -0.25) is 9.69 Å². The van der Waals surface area contributed by atoms with Crippen LogP contribution in [0.1, 0.15) is 58.6 Å². The molecule has 1 spiro atoms. The predicted octanol–water partition coefficient (Wildman–Crippen LogP) is 5.35. The van der Waals surface area contributed by atoms with Crippen LogP contribution in [0.5, 0.6) is 23.0 Å². The van der Waals surface area contributed by atoms with Gasteiger partial charge in [-0.2, -0.15) is 0 Å². The second kappa shape index (κ2) is 13.6. The molecule has 9 heteroatoms. The van der Waals surface area contributed by atoms with Crippen molar-refractivity contribution in [2.24, 2.45) is 0 Å². The van der Waals surface area contributed by atoms with Crippen molar-refractivity contribution >= 4 is 5.91 Å². The van der Waals surface area contributed by atoms with E-state index in [1.165, 1.54) is 5.56 Å². The first-order chi connectivity index (χ1) is 21.5. The van der Waals surface area contributed by atoms with Crippen LogP contribution in [0.15, 0.2) is 60.7 Å². The number of ether oxygens (including phenoxy) is 5. The third kappa shape index (κ3) is 6.86. The lowest BCUT2D eigenvalue weighted by Gasteiger charge is -2.35. The number of amides is 1. The monoisotopic (exact) mass is 602 g/mol. The lowest BCUT2D eigenvalue weighted by Crippen LogP contribution is -2.48. The minimum absolute atomic E-state index is 0.0160. The van der Waals surface area contributed by atoms with Crippen LogP contribution in [0.4, 0.5) is 0 Å². The maximum atomic E-state index is 13.3. The van der Waals surface area contributed by atoms with Gasteiger partial charge in [0.25, 0.3) is 5.91 Å². The first-order valence-electron chi connectivity index (χ1n) is 15.5. The fourth-order valence-electron chi connectivity index (χ4n) is 6.55. The molecule has 44 heavy (non-hydrogen) atoms. The smallest absolute Gasteiger partial charge is 0.253 e. The molecular weight excluding hydrogens is 560 g/mol. The molecule has 2 aliphatic heterocycles. The zero-order valence-electron chi connectivity index (χ0n) is 25.6. The molecule has 3 aliphatic rings. The molecule has 6 rings (SSSR count). The third-order valence-corrected chi connectivity index (χ3v) is 9.09. The number of hydrogen-bond donors (Lipinski definition) is 1. The Balaban J connectivity index is 1.02. The van der Waals surface area contributed by atoms with Gasteiger partial charge in [0.05, 0.1) is 34.0 Å². The van der Waals surface area contributed by atoms with Crippen molar-refractivity contribution in [2.45, 2.75) is 50.5 Å². The summed E-state index contributed by atoms with van der Waals surface area (Å²) in [6.07, 6.45) is 3.77. The topological polar surface area (TPSA) is 89.9 Å². The van der Waals surface area contributed by atoms with Gasteiger partial charge in [-0.15, -0.1) is 0 Å². The van der Waals surface area contributed by atoms with Crippen LogP contribution >= 0.6 is 0 Å². The van der Waals surface area contributed by atoms with Crippen LogP contribution in [-0.2, 0) is 22.6 Å². The van der Waals surface area contributed by atoms with Gasteiger partial charge in [-0.25, -0.2) is 0 Å². The van der Waals surface area contributed by atoms with Crippen molar-refractivity contribution in [3.8, 4) is 23.0 Å². The van der Waals surface area contributed by atoms with Gasteiger partial charge in [0.15, 0.2) is 5.79 Å². The Bertz CT molecular complexity index is 1400. The number of nitrogens with zero attached hydrogens (tertiary/aromatic N) is 2. The number of hydrogen-bond acceptors (Lipinski definition) is 8. The molecule has 1 amide bonds. The fraction of sp³-hybridized carbons (Fsp3) is 0.457. The third-order valence-electron chi connectivity index (χ3n) is 9.09. The Hall–Kier alpha value is -3.63. The van der Waals surface area contributed by atoms with Gasteiger partial charge >= 0.3 is 0 Å². The molecule has 0 aromatic heterocycles. The molecule has 3 aromatic carbocycles. The first-order valence-corrected chi connectivity index (χ1v) is 15.5. The number of carbonyl (C=O) groups excluding carboxylic acids is 1. The first kappa shape index (κ1) is 30.4. The highest BCUT2D eigenvalue weighted by Gasteiger charge is 2.40. The molecule has 3 aromatic rings. The molecule has 1 aliphatic carbocycles. The number of aliphatic hydroxyl groups excluding tert-OH is 1. The van der Waals surface area contributed by atoms with Gasteiger partial charge in [0.2, 0.25) is 0 Å². The van der Waals surface area contributed by atoms with E-state index in [9.17, 15) is 9.90 Å². The van der Waals surface area contributed by atoms with Crippen molar-refractivity contribution in [2.75, 3.05) is 53.6 Å². The Morgan fingerprint density at radius 2 is 1.52 bits per heavy atom. The normalized spacial score (nSPS) is 18.8. The molecule has 3 fully saturated rings. The number of aliphatic hydroxyl groups is 1. The van der Waals surface area contributed by atoms with Gasteiger partial charge in [0, 0.05) is 62.8 Å². The molecular formula is C35H42N2O7. The Kier molecular flexibility index (Phi) is 9.37. The van der Waals surface area contributed by atoms with Crippen molar-refractivity contribution in [1.82, 2.24) is 9.80 Å². The molecule has 0 radical (unpaired) electrons. The lowest BCUT2D eigenvalue weighted by molar-refractivity contribution is -0.178. The molecule has 2 saturated heterocycles. The zero-order valence-corrected chi connectivity index (χ0v) is 25.6. The van der Waals surface area contributed by atoms with Crippen molar-refractivity contribution < 1.29 is 33.6 Å². The largest absolute Gasteiger partial charge is 0.497 e. The van der Waals surface area contributed by atoms with Gasteiger partial charge in [-0.05, 0) is 78.4 Å². The van der Waals surface area contributed by atoms with E-state index in [1.54, 1.807) is 14.2 Å². The van der Waals surface area contributed by atoms with E-state index in [4.69, 9.17) is 23.7 Å². The van der Waals surface area contributed by atoms with E-state index in [0.717, 1.165) is 67.9 Å². The summed E-state index contributed by atoms with van der Waals surface area (Å²) < 4.78 is 28.7. The molecule has 9 nitrogen and oxygen atoms in total. The van der Waals surface area contributed by atoms with E-state index in [-0.39, 0.29) is 18.3 Å². The fourth-order valence-corrected chi connectivity index (χ4v) is 6.55. The van der Waals surface area contributed by atoms with Crippen molar-refractivity contribution in [3.63, 3.8) is 0 Å². The van der Waals surface area contributed by atoms with E-state index in [1.807, 2.05) is 53.4 Å². The lowest BCUT2D eigenvalue weighted by atomic mass is 9.80. The highest BCUT2D eigenvalue weighted by molar-refractivity contribution is 5.94. The van der Waals surface area contributed by atoms with Gasteiger partial charge in [-0.1, -0.05) is 6.07 Å². The van der Waals surface area contributed by atoms with Gasteiger partial charge < -0.3 is 33.7 Å². The average molecular weight is 603 g/mol. The van der Waals surface area contributed by atoms with Crippen LogP contribution in [-0.4, -0.2) is 80.2 Å². The molecule has 0 atom stereocenters. The van der Waals surface area contributed by atoms with Crippen molar-refractivity contribution in [3.05, 3.63) is 82.9 Å². The molecule has 2 heterocycles. The highest BCUT2D eigenvalue weighted by atomic mass is 16.7. The van der Waals surface area contributed by atoms with Crippen LogP contribution in [0.3, 0.4) is 0 Å². The van der Waals surface area contributed by atoms with E-state index in [0.29, 0.717) is 49.3 Å². The Morgan fingerprint density at radius 3 is 2.14 bits per heavy atom. The summed E-state index contributed by atoms with van der Waals surface area (Å²) >= 11 is 0. The second-order valence-corrected chi connectivity index (χ2v) is 11.8. The molecule has 0 unspecified atom stereocenters. The summed E-state index contributed by atoms with van der Waals surface area (Å²) in [5.41, 5.74) is 3.71. The number of piperazine rings is 1. The van der Waals surface area contributed by atoms with E-state index >= 15 is 0 Å². The van der Waals surface area contributed by atoms with Crippen molar-refractivity contribution in [1.29, 1.82) is 0 Å². The summed E-state index contributed by atoms with van der Waals surface area (Å²) in [5.74, 6) is 2.83. The highest BCUT2D eigenvalue weighted by Crippen LogP contribution is 2.43. The van der Waals surface area contributed by atoms with E-state index in [2.05, 4.69) is 17.0 Å². The zero-order chi connectivity index (χ0) is 30.5. The Morgan fingerprint density at radius 1 is 0.864 bits per heavy atom.